The lowest BCUT2D eigenvalue weighted by Gasteiger charge is -2.09. The molecule has 0 unspecified atom stereocenters. The van der Waals surface area contributed by atoms with Crippen LogP contribution in [-0.2, 0) is 4.74 Å². The van der Waals surface area contributed by atoms with E-state index in [2.05, 4.69) is 11.4 Å². The molecule has 0 spiro atoms. The average molecular weight is 204 g/mol. The number of hydrogen-bond donors (Lipinski definition) is 1. The van der Waals surface area contributed by atoms with Crippen LogP contribution in [0.2, 0.25) is 0 Å². The number of aryl methyl sites for hydroxylation is 1. The number of nitriles is 1. The van der Waals surface area contributed by atoms with Gasteiger partial charge in [0, 0.05) is 18.8 Å². The van der Waals surface area contributed by atoms with Crippen molar-refractivity contribution >= 4 is 5.69 Å². The summed E-state index contributed by atoms with van der Waals surface area (Å²) in [5, 5.41) is 12.0. The number of anilines is 1. The monoisotopic (exact) mass is 204 g/mol. The minimum atomic E-state index is 0.680. The van der Waals surface area contributed by atoms with Crippen LogP contribution in [0.25, 0.3) is 0 Å². The maximum Gasteiger partial charge on any atom is 0.0992 e. The van der Waals surface area contributed by atoms with Gasteiger partial charge < -0.3 is 10.1 Å². The van der Waals surface area contributed by atoms with Crippen LogP contribution in [-0.4, -0.2) is 19.8 Å². The van der Waals surface area contributed by atoms with E-state index in [-0.39, 0.29) is 0 Å². The predicted octanol–water partition coefficient (Wildman–Crippen LogP) is 2.32. The number of nitrogens with one attached hydrogen (secondary N) is 1. The molecule has 1 aromatic carbocycles. The first-order chi connectivity index (χ1) is 7.27. The molecule has 0 fully saturated rings. The van der Waals surface area contributed by atoms with Crippen molar-refractivity contribution in [2.45, 2.75) is 13.8 Å². The summed E-state index contributed by atoms with van der Waals surface area (Å²) in [6.45, 7) is 6.18. The van der Waals surface area contributed by atoms with Gasteiger partial charge in [0.2, 0.25) is 0 Å². The number of benzene rings is 1. The minimum absolute atomic E-state index is 0.680. The van der Waals surface area contributed by atoms with Gasteiger partial charge in [0.1, 0.15) is 0 Å². The van der Waals surface area contributed by atoms with Crippen molar-refractivity contribution in [1.82, 2.24) is 0 Å². The van der Waals surface area contributed by atoms with Crippen molar-refractivity contribution in [3.8, 4) is 6.07 Å². The van der Waals surface area contributed by atoms with Crippen molar-refractivity contribution in [3.05, 3.63) is 29.3 Å². The quantitative estimate of drug-likeness (QED) is 0.748. The summed E-state index contributed by atoms with van der Waals surface area (Å²) in [5.41, 5.74) is 2.83. The normalized spacial score (nSPS) is 9.67. The molecule has 3 heteroatoms. The van der Waals surface area contributed by atoms with Gasteiger partial charge in [-0.1, -0.05) is 6.07 Å². The fourth-order valence-electron chi connectivity index (χ4n) is 1.28. The van der Waals surface area contributed by atoms with Crippen LogP contribution in [0.5, 0.6) is 0 Å². The van der Waals surface area contributed by atoms with Gasteiger partial charge in [-0.2, -0.15) is 5.26 Å². The first-order valence-electron chi connectivity index (χ1n) is 5.10. The summed E-state index contributed by atoms with van der Waals surface area (Å²) in [5.74, 6) is 0. The van der Waals surface area contributed by atoms with Crippen molar-refractivity contribution in [2.75, 3.05) is 25.1 Å². The summed E-state index contributed by atoms with van der Waals surface area (Å²) < 4.78 is 5.22. The Kier molecular flexibility index (Phi) is 4.65. The molecule has 0 aromatic heterocycles. The van der Waals surface area contributed by atoms with E-state index in [4.69, 9.17) is 10.00 Å². The second kappa shape index (κ2) is 6.05. The number of hydrogen-bond acceptors (Lipinski definition) is 3. The Balaban J connectivity index is 2.56. The Morgan fingerprint density at radius 1 is 1.47 bits per heavy atom. The van der Waals surface area contributed by atoms with Gasteiger partial charge in [-0.05, 0) is 31.5 Å². The number of nitrogens with zero attached hydrogens (tertiary/aromatic N) is 1. The van der Waals surface area contributed by atoms with E-state index in [0.717, 1.165) is 24.4 Å². The predicted molar refractivity (Wildman–Crippen MR) is 60.9 cm³/mol. The SMILES string of the molecule is CCOCCNc1cc(C#N)ccc1C. The third-order valence-corrected chi connectivity index (χ3v) is 2.13. The molecule has 0 aliphatic rings. The lowest BCUT2D eigenvalue weighted by molar-refractivity contribution is 0.158. The topological polar surface area (TPSA) is 45.0 Å². The Bertz CT molecular complexity index is 355. The molecule has 0 amide bonds. The Morgan fingerprint density at radius 2 is 2.27 bits per heavy atom. The first-order valence-corrected chi connectivity index (χ1v) is 5.10. The summed E-state index contributed by atoms with van der Waals surface area (Å²) >= 11 is 0. The molecule has 15 heavy (non-hydrogen) atoms. The second-order valence-electron chi connectivity index (χ2n) is 3.27. The van der Waals surface area contributed by atoms with Crippen molar-refractivity contribution in [2.24, 2.45) is 0 Å². The molecular formula is C12H16N2O. The molecule has 0 aliphatic heterocycles. The molecule has 0 saturated heterocycles. The molecule has 1 rings (SSSR count). The van der Waals surface area contributed by atoms with Crippen molar-refractivity contribution in [1.29, 1.82) is 5.26 Å². The average Bonchev–Trinajstić information content (AvgIpc) is 2.26. The fraction of sp³-hybridized carbons (Fsp3) is 0.417. The molecule has 0 bridgehead atoms. The van der Waals surface area contributed by atoms with Crippen LogP contribution in [0.15, 0.2) is 18.2 Å². The zero-order valence-corrected chi connectivity index (χ0v) is 9.21. The first kappa shape index (κ1) is 11.5. The van der Waals surface area contributed by atoms with E-state index >= 15 is 0 Å². The van der Waals surface area contributed by atoms with Crippen LogP contribution in [0.1, 0.15) is 18.1 Å². The molecule has 80 valence electrons. The largest absolute Gasteiger partial charge is 0.382 e. The zero-order chi connectivity index (χ0) is 11.1. The summed E-state index contributed by atoms with van der Waals surface area (Å²) in [6.07, 6.45) is 0. The van der Waals surface area contributed by atoms with Crippen molar-refractivity contribution in [3.63, 3.8) is 0 Å². The highest BCUT2D eigenvalue weighted by Crippen LogP contribution is 2.15. The Morgan fingerprint density at radius 3 is 2.93 bits per heavy atom. The van der Waals surface area contributed by atoms with Crippen LogP contribution >= 0.6 is 0 Å². The van der Waals surface area contributed by atoms with E-state index in [9.17, 15) is 0 Å². The van der Waals surface area contributed by atoms with Gasteiger partial charge >= 0.3 is 0 Å². The van der Waals surface area contributed by atoms with E-state index in [1.807, 2.05) is 32.0 Å². The third-order valence-electron chi connectivity index (χ3n) is 2.13. The van der Waals surface area contributed by atoms with Gasteiger partial charge in [-0.25, -0.2) is 0 Å². The third kappa shape index (κ3) is 3.61. The Labute approximate surface area is 90.7 Å². The van der Waals surface area contributed by atoms with Crippen LogP contribution in [0.4, 0.5) is 5.69 Å². The minimum Gasteiger partial charge on any atom is -0.382 e. The van der Waals surface area contributed by atoms with Gasteiger partial charge in [-0.3, -0.25) is 0 Å². The van der Waals surface area contributed by atoms with Gasteiger partial charge in [0.15, 0.2) is 0 Å². The molecule has 1 N–H and O–H groups in total. The molecule has 0 atom stereocenters. The summed E-state index contributed by atoms with van der Waals surface area (Å²) in [6, 6.07) is 7.76. The second-order valence-corrected chi connectivity index (χ2v) is 3.27. The smallest absolute Gasteiger partial charge is 0.0992 e. The van der Waals surface area contributed by atoms with E-state index in [0.29, 0.717) is 12.2 Å². The highest BCUT2D eigenvalue weighted by molar-refractivity contribution is 5.55. The summed E-state index contributed by atoms with van der Waals surface area (Å²) in [7, 11) is 0. The maximum absolute atomic E-state index is 8.76. The molecule has 0 radical (unpaired) electrons. The molecule has 3 nitrogen and oxygen atoms in total. The fourth-order valence-corrected chi connectivity index (χ4v) is 1.28. The van der Waals surface area contributed by atoms with Gasteiger partial charge in [0.25, 0.3) is 0 Å². The lowest BCUT2D eigenvalue weighted by atomic mass is 10.1. The van der Waals surface area contributed by atoms with E-state index < -0.39 is 0 Å². The highest BCUT2D eigenvalue weighted by Gasteiger charge is 1.98. The summed E-state index contributed by atoms with van der Waals surface area (Å²) in [4.78, 5) is 0. The molecular weight excluding hydrogens is 188 g/mol. The molecule has 0 aliphatic carbocycles. The highest BCUT2D eigenvalue weighted by atomic mass is 16.5. The van der Waals surface area contributed by atoms with Gasteiger partial charge in [0.05, 0.1) is 18.2 Å². The van der Waals surface area contributed by atoms with E-state index in [1.165, 1.54) is 0 Å². The van der Waals surface area contributed by atoms with E-state index in [1.54, 1.807) is 0 Å². The molecule has 0 saturated carbocycles. The van der Waals surface area contributed by atoms with Crippen LogP contribution < -0.4 is 5.32 Å². The van der Waals surface area contributed by atoms with Gasteiger partial charge in [-0.15, -0.1) is 0 Å². The van der Waals surface area contributed by atoms with Crippen molar-refractivity contribution < 1.29 is 4.74 Å². The maximum atomic E-state index is 8.76. The zero-order valence-electron chi connectivity index (χ0n) is 9.21. The number of rotatable bonds is 5. The standard InChI is InChI=1S/C12H16N2O/c1-3-15-7-6-14-12-8-11(9-13)5-4-10(12)2/h4-5,8,14H,3,6-7H2,1-2H3. The molecule has 0 heterocycles. The number of ether oxygens (including phenoxy) is 1. The molecule has 1 aromatic rings. The van der Waals surface area contributed by atoms with Crippen LogP contribution in [0, 0.1) is 18.3 Å². The Hall–Kier alpha value is -1.53. The van der Waals surface area contributed by atoms with Crippen LogP contribution in [0.3, 0.4) is 0 Å². The lowest BCUT2D eigenvalue weighted by Crippen LogP contribution is -2.10.